The Morgan fingerprint density at radius 3 is 2.94 bits per heavy atom. The van der Waals surface area contributed by atoms with Crippen molar-refractivity contribution >= 4 is 11.2 Å². The van der Waals surface area contributed by atoms with Crippen molar-refractivity contribution in [3.05, 3.63) is 18.3 Å². The van der Waals surface area contributed by atoms with Gasteiger partial charge in [0.25, 0.3) is 0 Å². The van der Waals surface area contributed by atoms with E-state index in [4.69, 9.17) is 9.84 Å². The van der Waals surface area contributed by atoms with E-state index in [0.717, 1.165) is 23.3 Å². The highest BCUT2D eigenvalue weighted by Gasteiger charge is 2.09. The molecule has 2 heterocycles. The lowest BCUT2D eigenvalue weighted by Gasteiger charge is -2.12. The monoisotopic (exact) mass is 236 g/mol. The smallest absolute Gasteiger partial charge is 0.163 e. The number of ether oxygens (including phenoxy) is 1. The molecule has 0 saturated heterocycles. The van der Waals surface area contributed by atoms with E-state index in [2.05, 4.69) is 15.0 Å². The summed E-state index contributed by atoms with van der Waals surface area (Å²) in [6.45, 7) is 2.65. The first-order chi connectivity index (χ1) is 8.26. The molecule has 0 aliphatic carbocycles. The lowest BCUT2D eigenvalue weighted by atomic mass is 10.2. The fraction of sp³-hybridized carbons (Fsp3) is 0.545. The lowest BCUT2D eigenvalue weighted by Crippen LogP contribution is -2.18. The number of aliphatic hydroxyl groups excluding tert-OH is 1. The summed E-state index contributed by atoms with van der Waals surface area (Å²) >= 11 is 0. The third kappa shape index (κ3) is 2.42. The Morgan fingerprint density at radius 1 is 1.41 bits per heavy atom. The zero-order valence-electron chi connectivity index (χ0n) is 10.00. The summed E-state index contributed by atoms with van der Waals surface area (Å²) in [5.41, 5.74) is 2.52. The Morgan fingerprint density at radius 2 is 2.24 bits per heavy atom. The number of hydrogen-bond acceptors (Lipinski definition) is 5. The fourth-order valence-corrected chi connectivity index (χ4v) is 1.73. The van der Waals surface area contributed by atoms with E-state index in [0.29, 0.717) is 6.54 Å². The summed E-state index contributed by atoms with van der Waals surface area (Å²) in [6.07, 6.45) is 3.86. The maximum absolute atomic E-state index is 9.04. The minimum atomic E-state index is -0.143. The number of rotatable bonds is 5. The summed E-state index contributed by atoms with van der Waals surface area (Å²) in [5.74, 6) is 0. The van der Waals surface area contributed by atoms with E-state index in [1.807, 2.05) is 11.5 Å². The Hall–Kier alpha value is -1.53. The first kappa shape index (κ1) is 11.9. The highest BCUT2D eigenvalue weighted by Crippen LogP contribution is 2.12. The number of nitrogens with zero attached hydrogens (tertiary/aromatic N) is 4. The van der Waals surface area contributed by atoms with Crippen LogP contribution in [0.2, 0.25) is 0 Å². The van der Waals surface area contributed by atoms with Crippen LogP contribution in [-0.4, -0.2) is 44.4 Å². The molecule has 0 spiro atoms. The second-order valence-electron chi connectivity index (χ2n) is 3.90. The first-order valence-corrected chi connectivity index (χ1v) is 5.52. The molecule has 2 rings (SSSR count). The predicted octanol–water partition coefficient (Wildman–Crippen LogP) is 0.532. The number of fused-ring (bicyclic) bond motifs is 1. The summed E-state index contributed by atoms with van der Waals surface area (Å²) in [4.78, 5) is 12.6. The molecule has 2 aromatic rings. The van der Waals surface area contributed by atoms with Crippen LogP contribution in [-0.2, 0) is 11.3 Å². The van der Waals surface area contributed by atoms with Crippen LogP contribution in [0.5, 0.6) is 0 Å². The van der Waals surface area contributed by atoms with Crippen LogP contribution in [0.1, 0.15) is 12.1 Å². The molecule has 1 atom stereocenters. The molecule has 0 radical (unpaired) electrons. The summed E-state index contributed by atoms with van der Waals surface area (Å²) in [6, 6.07) is 0. The van der Waals surface area contributed by atoms with Gasteiger partial charge in [-0.2, -0.15) is 0 Å². The van der Waals surface area contributed by atoms with Crippen molar-refractivity contribution < 1.29 is 9.84 Å². The molecule has 0 aliphatic heterocycles. The van der Waals surface area contributed by atoms with E-state index in [1.54, 1.807) is 13.4 Å². The zero-order valence-corrected chi connectivity index (χ0v) is 10.00. The van der Waals surface area contributed by atoms with Gasteiger partial charge < -0.3 is 14.4 Å². The molecule has 6 nitrogen and oxygen atoms in total. The zero-order chi connectivity index (χ0) is 12.3. The van der Waals surface area contributed by atoms with Crippen LogP contribution in [0.4, 0.5) is 0 Å². The molecule has 0 amide bonds. The van der Waals surface area contributed by atoms with Crippen molar-refractivity contribution in [3.63, 3.8) is 0 Å². The van der Waals surface area contributed by atoms with Gasteiger partial charge in [0.1, 0.15) is 11.8 Å². The normalized spacial score (nSPS) is 13.1. The van der Waals surface area contributed by atoms with E-state index in [9.17, 15) is 0 Å². The van der Waals surface area contributed by atoms with E-state index in [1.165, 1.54) is 6.33 Å². The average molecular weight is 236 g/mol. The molecule has 0 saturated carbocycles. The largest absolute Gasteiger partial charge is 0.394 e. The van der Waals surface area contributed by atoms with Crippen molar-refractivity contribution in [1.82, 2.24) is 19.5 Å². The second-order valence-corrected chi connectivity index (χ2v) is 3.90. The van der Waals surface area contributed by atoms with Crippen molar-refractivity contribution in [2.75, 3.05) is 13.7 Å². The molecule has 6 heteroatoms. The quantitative estimate of drug-likeness (QED) is 0.820. The number of aromatic nitrogens is 4. The summed E-state index contributed by atoms with van der Waals surface area (Å²) < 4.78 is 7.07. The van der Waals surface area contributed by atoms with Crippen molar-refractivity contribution in [1.29, 1.82) is 0 Å². The molecular weight excluding hydrogens is 220 g/mol. The molecule has 0 bridgehead atoms. The molecule has 0 aliphatic rings. The van der Waals surface area contributed by atoms with Crippen LogP contribution in [0.25, 0.3) is 11.2 Å². The van der Waals surface area contributed by atoms with Crippen molar-refractivity contribution in [2.24, 2.45) is 0 Å². The second kappa shape index (κ2) is 5.20. The van der Waals surface area contributed by atoms with Crippen LogP contribution >= 0.6 is 0 Å². The molecular formula is C11H16N4O2. The van der Waals surface area contributed by atoms with Crippen molar-refractivity contribution in [3.8, 4) is 0 Å². The SMILES string of the molecule is COC(CO)CCn1cnc2c(C)ncnc21. The standard InChI is InChI=1S/C11H16N4O2/c1-8-10-11(13-6-12-8)15(7-14-10)4-3-9(5-16)17-2/h6-7,9,16H,3-5H2,1-2H3. The number of methoxy groups -OCH3 is 1. The third-order valence-corrected chi connectivity index (χ3v) is 2.81. The highest BCUT2D eigenvalue weighted by atomic mass is 16.5. The molecule has 92 valence electrons. The Kier molecular flexibility index (Phi) is 3.65. The van der Waals surface area contributed by atoms with Crippen molar-refractivity contribution in [2.45, 2.75) is 26.0 Å². The van der Waals surface area contributed by atoms with Gasteiger partial charge in [0.2, 0.25) is 0 Å². The number of aliphatic hydroxyl groups is 1. The van der Waals surface area contributed by atoms with Gasteiger partial charge >= 0.3 is 0 Å². The first-order valence-electron chi connectivity index (χ1n) is 5.52. The molecule has 1 unspecified atom stereocenters. The van der Waals surface area contributed by atoms with Gasteiger partial charge in [-0.3, -0.25) is 0 Å². The predicted molar refractivity (Wildman–Crippen MR) is 62.6 cm³/mol. The number of imidazole rings is 1. The molecule has 2 aromatic heterocycles. The maximum Gasteiger partial charge on any atom is 0.163 e. The summed E-state index contributed by atoms with van der Waals surface area (Å²) in [7, 11) is 1.60. The van der Waals surface area contributed by atoms with Gasteiger partial charge in [-0.15, -0.1) is 0 Å². The number of hydrogen-bond donors (Lipinski definition) is 1. The lowest BCUT2D eigenvalue weighted by molar-refractivity contribution is 0.0405. The Balaban J connectivity index is 2.17. The van der Waals surface area contributed by atoms with Gasteiger partial charge in [-0.25, -0.2) is 15.0 Å². The van der Waals surface area contributed by atoms with Gasteiger partial charge in [-0.05, 0) is 13.3 Å². The van der Waals surface area contributed by atoms with Crippen LogP contribution in [0.3, 0.4) is 0 Å². The molecule has 17 heavy (non-hydrogen) atoms. The van der Waals surface area contributed by atoms with Crippen LogP contribution in [0.15, 0.2) is 12.7 Å². The number of aryl methyl sites for hydroxylation is 2. The topological polar surface area (TPSA) is 73.1 Å². The minimum absolute atomic E-state index is 0.0249. The molecule has 1 N–H and O–H groups in total. The fourth-order valence-electron chi connectivity index (χ4n) is 1.73. The van der Waals surface area contributed by atoms with E-state index >= 15 is 0 Å². The van der Waals surface area contributed by atoms with Crippen LogP contribution < -0.4 is 0 Å². The average Bonchev–Trinajstić information content (AvgIpc) is 2.75. The minimum Gasteiger partial charge on any atom is -0.394 e. The van der Waals surface area contributed by atoms with E-state index < -0.39 is 0 Å². The highest BCUT2D eigenvalue weighted by molar-refractivity contribution is 5.72. The van der Waals surface area contributed by atoms with Gasteiger partial charge in [0.15, 0.2) is 5.65 Å². The van der Waals surface area contributed by atoms with Gasteiger partial charge in [-0.1, -0.05) is 0 Å². The van der Waals surface area contributed by atoms with Crippen LogP contribution in [0, 0.1) is 6.92 Å². The third-order valence-electron chi connectivity index (χ3n) is 2.81. The van der Waals surface area contributed by atoms with Gasteiger partial charge in [0.05, 0.1) is 24.7 Å². The van der Waals surface area contributed by atoms with E-state index in [-0.39, 0.29) is 12.7 Å². The maximum atomic E-state index is 9.04. The molecule has 0 fully saturated rings. The molecule has 0 aromatic carbocycles. The Labute approximate surface area is 99.3 Å². The Bertz CT molecular complexity index is 493. The van der Waals surface area contributed by atoms with Gasteiger partial charge in [0, 0.05) is 13.7 Å². The summed E-state index contributed by atoms with van der Waals surface area (Å²) in [5, 5.41) is 9.04.